The predicted molar refractivity (Wildman–Crippen MR) is 122 cm³/mol. The van der Waals surface area contributed by atoms with Crippen LogP contribution in [0.3, 0.4) is 0 Å². The SMILES string of the molecule is CN(C)c1nc(NC2CCC(NC(=O)c3ccc(F)c(Cl)c3F)CC2)nc2ccccc12. The van der Waals surface area contributed by atoms with Gasteiger partial charge in [-0.2, -0.15) is 4.98 Å². The number of anilines is 2. The van der Waals surface area contributed by atoms with Crippen LogP contribution in [0.5, 0.6) is 0 Å². The van der Waals surface area contributed by atoms with Gasteiger partial charge in [-0.15, -0.1) is 0 Å². The zero-order chi connectivity index (χ0) is 22.8. The van der Waals surface area contributed by atoms with Crippen LogP contribution in [0.2, 0.25) is 5.02 Å². The van der Waals surface area contributed by atoms with Crippen LogP contribution in [0, 0.1) is 11.6 Å². The van der Waals surface area contributed by atoms with Crippen LogP contribution in [-0.2, 0) is 0 Å². The number of carbonyl (C=O) groups is 1. The van der Waals surface area contributed by atoms with E-state index in [1.807, 2.05) is 43.3 Å². The Morgan fingerprint density at radius 3 is 2.44 bits per heavy atom. The van der Waals surface area contributed by atoms with E-state index in [2.05, 4.69) is 20.6 Å². The Morgan fingerprint density at radius 2 is 1.72 bits per heavy atom. The summed E-state index contributed by atoms with van der Waals surface area (Å²) in [5.74, 6) is -1.10. The van der Waals surface area contributed by atoms with Crippen LogP contribution in [-0.4, -0.2) is 42.1 Å². The molecule has 32 heavy (non-hydrogen) atoms. The molecule has 0 aliphatic heterocycles. The zero-order valence-corrected chi connectivity index (χ0v) is 18.6. The van der Waals surface area contributed by atoms with Gasteiger partial charge in [0.05, 0.1) is 11.1 Å². The molecular formula is C23H24ClF2N5O. The maximum absolute atomic E-state index is 14.1. The van der Waals surface area contributed by atoms with Crippen molar-refractivity contribution in [3.63, 3.8) is 0 Å². The van der Waals surface area contributed by atoms with E-state index in [9.17, 15) is 13.6 Å². The Labute approximate surface area is 190 Å². The van der Waals surface area contributed by atoms with E-state index in [1.54, 1.807) is 0 Å². The molecule has 168 valence electrons. The Bertz CT molecular complexity index is 1150. The van der Waals surface area contributed by atoms with Crippen molar-refractivity contribution >= 4 is 40.2 Å². The fourth-order valence-corrected chi connectivity index (χ4v) is 4.16. The second-order valence-corrected chi connectivity index (χ2v) is 8.55. The lowest BCUT2D eigenvalue weighted by Crippen LogP contribution is -2.40. The third-order valence-electron chi connectivity index (χ3n) is 5.68. The van der Waals surface area contributed by atoms with E-state index < -0.39 is 22.6 Å². The van der Waals surface area contributed by atoms with E-state index >= 15 is 0 Å². The van der Waals surface area contributed by atoms with Crippen molar-refractivity contribution in [2.24, 2.45) is 0 Å². The maximum Gasteiger partial charge on any atom is 0.254 e. The molecule has 1 saturated carbocycles. The minimum atomic E-state index is -1.04. The summed E-state index contributed by atoms with van der Waals surface area (Å²) in [5.41, 5.74) is 0.618. The molecule has 1 aromatic heterocycles. The summed E-state index contributed by atoms with van der Waals surface area (Å²) in [7, 11) is 3.90. The molecule has 0 atom stereocenters. The lowest BCUT2D eigenvalue weighted by atomic mass is 9.91. The molecule has 2 aromatic carbocycles. The highest BCUT2D eigenvalue weighted by Crippen LogP contribution is 2.27. The molecule has 3 aromatic rings. The van der Waals surface area contributed by atoms with Crippen molar-refractivity contribution in [1.82, 2.24) is 15.3 Å². The molecule has 4 rings (SSSR count). The van der Waals surface area contributed by atoms with Crippen molar-refractivity contribution in [2.45, 2.75) is 37.8 Å². The number of nitrogens with one attached hydrogen (secondary N) is 2. The molecule has 9 heteroatoms. The first-order valence-electron chi connectivity index (χ1n) is 10.5. The number of rotatable bonds is 5. The summed E-state index contributed by atoms with van der Waals surface area (Å²) >= 11 is 5.58. The molecular weight excluding hydrogens is 436 g/mol. The minimum absolute atomic E-state index is 0.0985. The number of hydrogen-bond donors (Lipinski definition) is 2. The number of amides is 1. The molecule has 1 heterocycles. The highest BCUT2D eigenvalue weighted by molar-refractivity contribution is 6.31. The summed E-state index contributed by atoms with van der Waals surface area (Å²) < 4.78 is 27.4. The molecule has 1 amide bonds. The van der Waals surface area contributed by atoms with Crippen LogP contribution in [0.1, 0.15) is 36.0 Å². The predicted octanol–water partition coefficient (Wildman–Crippen LogP) is 4.78. The van der Waals surface area contributed by atoms with Crippen molar-refractivity contribution in [1.29, 1.82) is 0 Å². The monoisotopic (exact) mass is 459 g/mol. The molecule has 0 unspecified atom stereocenters. The standard InChI is InChI=1S/C23H24ClF2N5O/c1-31(2)21-15-5-3-4-6-18(15)29-23(30-21)28-14-9-7-13(8-10-14)27-22(32)16-11-12-17(25)19(24)20(16)26/h3-6,11-14H,7-10H2,1-2H3,(H,27,32)(H,28,29,30). The van der Waals surface area contributed by atoms with Gasteiger partial charge in [0.25, 0.3) is 5.91 Å². The summed E-state index contributed by atoms with van der Waals surface area (Å²) in [6, 6.07) is 10.0. The van der Waals surface area contributed by atoms with Crippen LogP contribution in [0.25, 0.3) is 10.9 Å². The number of carbonyl (C=O) groups excluding carboxylic acids is 1. The summed E-state index contributed by atoms with van der Waals surface area (Å²) in [6.45, 7) is 0. The number of hydrogen-bond acceptors (Lipinski definition) is 5. The van der Waals surface area contributed by atoms with Gasteiger partial charge in [0.2, 0.25) is 5.95 Å². The lowest BCUT2D eigenvalue weighted by molar-refractivity contribution is 0.0922. The lowest BCUT2D eigenvalue weighted by Gasteiger charge is -2.30. The van der Waals surface area contributed by atoms with E-state index in [0.29, 0.717) is 18.8 Å². The first-order valence-corrected chi connectivity index (χ1v) is 10.9. The van der Waals surface area contributed by atoms with Crippen molar-refractivity contribution in [3.05, 3.63) is 58.6 Å². The van der Waals surface area contributed by atoms with Crippen LogP contribution in [0.4, 0.5) is 20.5 Å². The first kappa shape index (κ1) is 22.2. The summed E-state index contributed by atoms with van der Waals surface area (Å²) in [4.78, 5) is 23.7. The Hall–Kier alpha value is -3.00. The van der Waals surface area contributed by atoms with E-state index in [1.165, 1.54) is 0 Å². The molecule has 1 aliphatic rings. The van der Waals surface area contributed by atoms with Crippen molar-refractivity contribution in [2.75, 3.05) is 24.3 Å². The number of halogens is 3. The van der Waals surface area contributed by atoms with Crippen LogP contribution < -0.4 is 15.5 Å². The fraction of sp³-hybridized carbons (Fsp3) is 0.348. The number of fused-ring (bicyclic) bond motifs is 1. The number of benzene rings is 2. The van der Waals surface area contributed by atoms with Crippen molar-refractivity contribution < 1.29 is 13.6 Å². The highest BCUT2D eigenvalue weighted by atomic mass is 35.5. The van der Waals surface area contributed by atoms with Gasteiger partial charge in [-0.1, -0.05) is 23.7 Å². The van der Waals surface area contributed by atoms with E-state index in [-0.39, 0.29) is 17.6 Å². The smallest absolute Gasteiger partial charge is 0.254 e. The minimum Gasteiger partial charge on any atom is -0.362 e. The van der Waals surface area contributed by atoms with Gasteiger partial charge < -0.3 is 15.5 Å². The molecule has 0 spiro atoms. The van der Waals surface area contributed by atoms with Gasteiger partial charge in [-0.05, 0) is 49.9 Å². The number of nitrogens with zero attached hydrogens (tertiary/aromatic N) is 3. The average Bonchev–Trinajstić information content (AvgIpc) is 2.78. The van der Waals surface area contributed by atoms with Gasteiger partial charge in [-0.25, -0.2) is 13.8 Å². The van der Waals surface area contributed by atoms with E-state index in [0.717, 1.165) is 41.7 Å². The molecule has 2 N–H and O–H groups in total. The highest BCUT2D eigenvalue weighted by Gasteiger charge is 2.25. The van der Waals surface area contributed by atoms with Gasteiger partial charge in [0, 0.05) is 31.6 Å². The Kier molecular flexibility index (Phi) is 6.41. The fourth-order valence-electron chi connectivity index (χ4n) is 3.99. The van der Waals surface area contributed by atoms with E-state index in [4.69, 9.17) is 11.6 Å². The normalized spacial score (nSPS) is 18.4. The molecule has 0 bridgehead atoms. The third-order valence-corrected chi connectivity index (χ3v) is 6.03. The van der Waals surface area contributed by atoms with Crippen molar-refractivity contribution in [3.8, 4) is 0 Å². The molecule has 1 aliphatic carbocycles. The molecule has 6 nitrogen and oxygen atoms in total. The molecule has 0 radical (unpaired) electrons. The van der Waals surface area contributed by atoms with Crippen LogP contribution in [0.15, 0.2) is 36.4 Å². The second kappa shape index (κ2) is 9.24. The summed E-state index contributed by atoms with van der Waals surface area (Å²) in [6.07, 6.45) is 3.03. The van der Waals surface area contributed by atoms with Gasteiger partial charge in [0.15, 0.2) is 5.82 Å². The zero-order valence-electron chi connectivity index (χ0n) is 17.8. The third kappa shape index (κ3) is 4.60. The second-order valence-electron chi connectivity index (χ2n) is 8.17. The van der Waals surface area contributed by atoms with Gasteiger partial charge in [-0.3, -0.25) is 4.79 Å². The topological polar surface area (TPSA) is 70.2 Å². The number of para-hydroxylation sites is 1. The molecule has 0 saturated heterocycles. The quantitative estimate of drug-likeness (QED) is 0.537. The average molecular weight is 460 g/mol. The van der Waals surface area contributed by atoms with Gasteiger partial charge >= 0.3 is 0 Å². The van der Waals surface area contributed by atoms with Gasteiger partial charge in [0.1, 0.15) is 16.7 Å². The molecule has 1 fully saturated rings. The Balaban J connectivity index is 1.38. The largest absolute Gasteiger partial charge is 0.362 e. The Morgan fingerprint density at radius 1 is 1.03 bits per heavy atom. The number of aromatic nitrogens is 2. The summed E-state index contributed by atoms with van der Waals surface area (Å²) in [5, 5.41) is 6.57. The maximum atomic E-state index is 14.1. The van der Waals surface area contributed by atoms with Crippen LogP contribution >= 0.6 is 11.6 Å². The first-order chi connectivity index (χ1) is 15.3.